The summed E-state index contributed by atoms with van der Waals surface area (Å²) in [5.74, 6) is -0.829. The van der Waals surface area contributed by atoms with Crippen LogP contribution < -0.4 is 0 Å². The van der Waals surface area contributed by atoms with Gasteiger partial charge in [-0.05, 0) is 35.7 Å². The van der Waals surface area contributed by atoms with Crippen LogP contribution in [0.3, 0.4) is 0 Å². The van der Waals surface area contributed by atoms with Crippen LogP contribution in [-0.4, -0.2) is 20.6 Å². The standard InChI is InChI=1S/C22H23N3O2/c1-2-3-4-5-10-21(22(26)27)25-15-24-19-13-16(11-12-20(19)25)18-9-7-6-8-17(18)14-23/h6-9,11-13,15,21H,2-5,10H2,1H3,(H,26,27). The molecule has 5 heteroatoms. The Kier molecular flexibility index (Phi) is 5.87. The molecule has 27 heavy (non-hydrogen) atoms. The van der Waals surface area contributed by atoms with Crippen molar-refractivity contribution in [3.63, 3.8) is 0 Å². The van der Waals surface area contributed by atoms with E-state index in [1.165, 1.54) is 0 Å². The van der Waals surface area contributed by atoms with Gasteiger partial charge in [-0.15, -0.1) is 0 Å². The van der Waals surface area contributed by atoms with Crippen molar-refractivity contribution in [3.8, 4) is 17.2 Å². The van der Waals surface area contributed by atoms with Crippen molar-refractivity contribution in [2.75, 3.05) is 0 Å². The second-order valence-corrected chi connectivity index (χ2v) is 6.72. The summed E-state index contributed by atoms with van der Waals surface area (Å²) in [5, 5.41) is 19.0. The lowest BCUT2D eigenvalue weighted by Crippen LogP contribution is -2.18. The minimum absolute atomic E-state index is 0.597. The molecular formula is C22H23N3O2. The number of hydrogen-bond acceptors (Lipinski definition) is 3. The average molecular weight is 361 g/mol. The Hall–Kier alpha value is -3.13. The van der Waals surface area contributed by atoms with Gasteiger partial charge in [0.2, 0.25) is 0 Å². The van der Waals surface area contributed by atoms with Gasteiger partial charge >= 0.3 is 5.97 Å². The SMILES string of the molecule is CCCCCCC(C(=O)O)n1cnc2cc(-c3ccccc3C#N)ccc21. The molecule has 1 atom stereocenters. The van der Waals surface area contributed by atoms with E-state index >= 15 is 0 Å². The van der Waals surface area contributed by atoms with E-state index in [0.29, 0.717) is 12.0 Å². The molecule has 0 radical (unpaired) electrons. The van der Waals surface area contributed by atoms with Crippen molar-refractivity contribution < 1.29 is 9.90 Å². The fourth-order valence-electron chi connectivity index (χ4n) is 3.43. The van der Waals surface area contributed by atoms with E-state index in [1.807, 2.05) is 36.4 Å². The Morgan fingerprint density at radius 1 is 1.22 bits per heavy atom. The third-order valence-corrected chi connectivity index (χ3v) is 4.89. The predicted molar refractivity (Wildman–Crippen MR) is 105 cm³/mol. The van der Waals surface area contributed by atoms with Crippen molar-refractivity contribution in [1.82, 2.24) is 9.55 Å². The monoisotopic (exact) mass is 361 g/mol. The van der Waals surface area contributed by atoms with Crippen molar-refractivity contribution >= 4 is 17.0 Å². The minimum Gasteiger partial charge on any atom is -0.480 e. The molecule has 1 heterocycles. The molecule has 5 nitrogen and oxygen atoms in total. The summed E-state index contributed by atoms with van der Waals surface area (Å²) in [6.07, 6.45) is 6.39. The lowest BCUT2D eigenvalue weighted by atomic mass is 10.00. The van der Waals surface area contributed by atoms with E-state index in [2.05, 4.69) is 18.0 Å². The van der Waals surface area contributed by atoms with Crippen molar-refractivity contribution in [3.05, 3.63) is 54.4 Å². The largest absolute Gasteiger partial charge is 0.480 e. The van der Waals surface area contributed by atoms with Crippen molar-refractivity contribution in [1.29, 1.82) is 5.26 Å². The topological polar surface area (TPSA) is 78.9 Å². The number of aliphatic carboxylic acids is 1. The molecule has 2 aromatic carbocycles. The number of benzene rings is 2. The first kappa shape index (κ1) is 18.7. The van der Waals surface area contributed by atoms with Crippen LogP contribution in [0.25, 0.3) is 22.2 Å². The summed E-state index contributed by atoms with van der Waals surface area (Å²) >= 11 is 0. The van der Waals surface area contributed by atoms with Crippen molar-refractivity contribution in [2.24, 2.45) is 0 Å². The molecule has 0 fully saturated rings. The van der Waals surface area contributed by atoms with Gasteiger partial charge in [0.25, 0.3) is 0 Å². The lowest BCUT2D eigenvalue weighted by Gasteiger charge is -2.15. The summed E-state index contributed by atoms with van der Waals surface area (Å²) in [6.45, 7) is 2.14. The average Bonchev–Trinajstić information content (AvgIpc) is 3.10. The highest BCUT2D eigenvalue weighted by atomic mass is 16.4. The maximum absolute atomic E-state index is 11.8. The number of carbonyl (C=O) groups is 1. The summed E-state index contributed by atoms with van der Waals surface area (Å²) in [5.41, 5.74) is 3.90. The highest BCUT2D eigenvalue weighted by Crippen LogP contribution is 2.29. The zero-order chi connectivity index (χ0) is 19.2. The zero-order valence-electron chi connectivity index (χ0n) is 15.4. The minimum atomic E-state index is -0.829. The molecule has 0 saturated carbocycles. The molecule has 0 aliphatic carbocycles. The Labute approximate surface area is 158 Å². The molecule has 138 valence electrons. The third kappa shape index (κ3) is 4.01. The van der Waals surface area contributed by atoms with E-state index in [-0.39, 0.29) is 0 Å². The van der Waals surface area contributed by atoms with E-state index in [1.54, 1.807) is 17.0 Å². The molecule has 3 aromatic rings. The molecule has 0 aliphatic heterocycles. The molecule has 0 saturated heterocycles. The van der Waals surface area contributed by atoms with Gasteiger partial charge in [0, 0.05) is 0 Å². The van der Waals surface area contributed by atoms with Gasteiger partial charge < -0.3 is 9.67 Å². The summed E-state index contributed by atoms with van der Waals surface area (Å²) in [4.78, 5) is 16.2. The number of fused-ring (bicyclic) bond motifs is 1. The van der Waals surface area contributed by atoms with Gasteiger partial charge in [-0.25, -0.2) is 9.78 Å². The van der Waals surface area contributed by atoms with Crippen LogP contribution in [0.4, 0.5) is 0 Å². The number of carboxylic acids is 1. The van der Waals surface area contributed by atoms with Gasteiger partial charge in [-0.3, -0.25) is 0 Å². The van der Waals surface area contributed by atoms with Crippen LogP contribution in [0.2, 0.25) is 0 Å². The van der Waals surface area contributed by atoms with Gasteiger partial charge in [-0.2, -0.15) is 5.26 Å². The first-order valence-electron chi connectivity index (χ1n) is 9.34. The second kappa shape index (κ2) is 8.50. The number of unbranched alkanes of at least 4 members (excludes halogenated alkanes) is 3. The quantitative estimate of drug-likeness (QED) is 0.561. The number of nitriles is 1. The molecule has 1 unspecified atom stereocenters. The van der Waals surface area contributed by atoms with Crippen LogP contribution in [0.15, 0.2) is 48.8 Å². The molecular weight excluding hydrogens is 338 g/mol. The molecule has 0 amide bonds. The molecule has 0 bridgehead atoms. The Morgan fingerprint density at radius 2 is 2.04 bits per heavy atom. The van der Waals surface area contributed by atoms with Crippen LogP contribution >= 0.6 is 0 Å². The Bertz CT molecular complexity index is 985. The van der Waals surface area contributed by atoms with E-state index in [0.717, 1.165) is 47.8 Å². The number of carboxylic acid groups (broad SMARTS) is 1. The number of aromatic nitrogens is 2. The highest BCUT2D eigenvalue weighted by Gasteiger charge is 2.21. The lowest BCUT2D eigenvalue weighted by molar-refractivity contribution is -0.141. The highest BCUT2D eigenvalue weighted by molar-refractivity contribution is 5.85. The van der Waals surface area contributed by atoms with Crippen LogP contribution in [0.1, 0.15) is 50.6 Å². The first-order chi connectivity index (χ1) is 13.2. The molecule has 1 aromatic heterocycles. The predicted octanol–water partition coefficient (Wildman–Crippen LogP) is 5.17. The van der Waals surface area contributed by atoms with Gasteiger partial charge in [-0.1, -0.05) is 56.9 Å². The van der Waals surface area contributed by atoms with Gasteiger partial charge in [0.05, 0.1) is 29.0 Å². The molecule has 3 rings (SSSR count). The van der Waals surface area contributed by atoms with E-state index < -0.39 is 12.0 Å². The number of rotatable bonds is 8. The van der Waals surface area contributed by atoms with Crippen LogP contribution in [-0.2, 0) is 4.79 Å². The Morgan fingerprint density at radius 3 is 2.78 bits per heavy atom. The van der Waals surface area contributed by atoms with Crippen LogP contribution in [0.5, 0.6) is 0 Å². The number of imidazole rings is 1. The molecule has 0 spiro atoms. The van der Waals surface area contributed by atoms with Crippen molar-refractivity contribution in [2.45, 2.75) is 45.1 Å². The maximum atomic E-state index is 11.8. The van der Waals surface area contributed by atoms with Crippen LogP contribution in [0, 0.1) is 11.3 Å². The third-order valence-electron chi connectivity index (χ3n) is 4.89. The smallest absolute Gasteiger partial charge is 0.326 e. The second-order valence-electron chi connectivity index (χ2n) is 6.72. The summed E-state index contributed by atoms with van der Waals surface area (Å²) < 4.78 is 1.75. The molecule has 0 aliphatic rings. The van der Waals surface area contributed by atoms with Gasteiger partial charge in [0.15, 0.2) is 0 Å². The number of nitrogens with zero attached hydrogens (tertiary/aromatic N) is 3. The van der Waals surface area contributed by atoms with E-state index in [4.69, 9.17) is 0 Å². The normalized spacial score (nSPS) is 12.0. The fourth-order valence-corrected chi connectivity index (χ4v) is 3.43. The Balaban J connectivity index is 1.93. The zero-order valence-corrected chi connectivity index (χ0v) is 15.4. The maximum Gasteiger partial charge on any atom is 0.326 e. The van der Waals surface area contributed by atoms with E-state index in [9.17, 15) is 15.2 Å². The van der Waals surface area contributed by atoms with Gasteiger partial charge in [0.1, 0.15) is 6.04 Å². The fraction of sp³-hybridized carbons (Fsp3) is 0.318. The first-order valence-corrected chi connectivity index (χ1v) is 9.34. The summed E-state index contributed by atoms with van der Waals surface area (Å²) in [6, 6.07) is 14.8. The molecule has 1 N–H and O–H groups in total. The summed E-state index contributed by atoms with van der Waals surface area (Å²) in [7, 11) is 0. The number of hydrogen-bond donors (Lipinski definition) is 1.